The van der Waals surface area contributed by atoms with E-state index in [0.717, 1.165) is 25.7 Å². The number of aliphatic hydroxyl groups is 3. The third kappa shape index (κ3) is 21.2. The Bertz CT molecular complexity index is 1270. The molecule has 2 aromatic rings. The summed E-state index contributed by atoms with van der Waals surface area (Å²) in [6.07, 6.45) is 14.0. The van der Waals surface area contributed by atoms with Crippen molar-refractivity contribution in [2.75, 3.05) is 39.6 Å². The van der Waals surface area contributed by atoms with Crippen molar-refractivity contribution in [1.29, 1.82) is 0 Å². The lowest BCUT2D eigenvalue weighted by Crippen LogP contribution is -2.67. The summed E-state index contributed by atoms with van der Waals surface area (Å²) in [5.74, 6) is 0. The summed E-state index contributed by atoms with van der Waals surface area (Å²) >= 11 is 0. The number of benzene rings is 2. The van der Waals surface area contributed by atoms with Crippen LogP contribution in [-0.4, -0.2) is 87.6 Å². The topological polar surface area (TPSA) is 186 Å². The quantitative estimate of drug-likeness (QED) is 0.0233. The Hall–Kier alpha value is -2.96. The number of aliphatic hydroxyl groups excluding tert-OH is 3. The summed E-state index contributed by atoms with van der Waals surface area (Å²) in [6, 6.07) is 19.9. The molecule has 0 bridgehead atoms. The van der Waals surface area contributed by atoms with Crippen molar-refractivity contribution in [2.24, 2.45) is 10.2 Å². The molecular weight excluding hydrogens is 713 g/mol. The molecule has 0 unspecified atom stereocenters. The molecule has 0 saturated carbocycles. The van der Waals surface area contributed by atoms with Gasteiger partial charge >= 0.3 is 0 Å². The van der Waals surface area contributed by atoms with Gasteiger partial charge in [0, 0.05) is 29.6 Å². The van der Waals surface area contributed by atoms with Gasteiger partial charge in [-0.05, 0) is 52.2 Å². The van der Waals surface area contributed by atoms with Crippen LogP contribution in [-0.2, 0) is 13.9 Å². The minimum Gasteiger partial charge on any atom is -0.407 e. The average molecular weight is 785 g/mol. The largest absolute Gasteiger partial charge is 0.407 e. The van der Waals surface area contributed by atoms with Gasteiger partial charge in [0.15, 0.2) is 0 Å². The van der Waals surface area contributed by atoms with Gasteiger partial charge in [-0.1, -0.05) is 170 Å². The van der Waals surface area contributed by atoms with E-state index in [4.69, 9.17) is 24.5 Å². The average Bonchev–Trinajstić information content (AvgIpc) is 3.18. The van der Waals surface area contributed by atoms with Gasteiger partial charge in [0.25, 0.3) is 8.32 Å². The molecule has 310 valence electrons. The van der Waals surface area contributed by atoms with Crippen molar-refractivity contribution in [3.63, 3.8) is 0 Å². The lowest BCUT2D eigenvalue weighted by Gasteiger charge is -2.43. The van der Waals surface area contributed by atoms with Crippen LogP contribution in [0.25, 0.3) is 20.9 Å². The zero-order valence-corrected chi connectivity index (χ0v) is 35.5. The highest BCUT2D eigenvalue weighted by atomic mass is 28.4. The van der Waals surface area contributed by atoms with Crippen molar-refractivity contribution < 1.29 is 29.2 Å². The van der Waals surface area contributed by atoms with Crippen molar-refractivity contribution in [2.45, 2.75) is 154 Å². The minimum absolute atomic E-state index is 0.154. The van der Waals surface area contributed by atoms with Crippen LogP contribution < -0.4 is 10.4 Å². The summed E-state index contributed by atoms with van der Waals surface area (Å²) < 4.78 is 18.0. The van der Waals surface area contributed by atoms with Crippen LogP contribution >= 0.6 is 0 Å². The molecule has 0 aliphatic carbocycles. The second-order valence-electron chi connectivity index (χ2n) is 15.3. The smallest absolute Gasteiger partial charge is 0.261 e. The summed E-state index contributed by atoms with van der Waals surface area (Å²) in [7, 11) is -2.71. The van der Waals surface area contributed by atoms with Crippen LogP contribution in [0.5, 0.6) is 0 Å². The second kappa shape index (κ2) is 31.2. The Balaban J connectivity index is 0.000000673. The van der Waals surface area contributed by atoms with Gasteiger partial charge < -0.3 is 29.2 Å². The number of ether oxygens (including phenoxy) is 2. The first kappa shape index (κ1) is 50.1. The highest BCUT2D eigenvalue weighted by Crippen LogP contribution is 2.37. The molecule has 13 heteroatoms. The molecule has 0 saturated heterocycles. The Morgan fingerprint density at radius 1 is 0.618 bits per heavy atom. The van der Waals surface area contributed by atoms with E-state index < -0.39 is 20.4 Å². The van der Waals surface area contributed by atoms with Crippen LogP contribution in [0.4, 0.5) is 0 Å². The fourth-order valence-electron chi connectivity index (χ4n) is 6.50. The van der Waals surface area contributed by atoms with Crippen molar-refractivity contribution >= 4 is 18.7 Å². The van der Waals surface area contributed by atoms with Crippen molar-refractivity contribution in [3.8, 4) is 0 Å². The number of hydrogen-bond donors (Lipinski definition) is 3. The van der Waals surface area contributed by atoms with E-state index in [1.807, 2.05) is 12.1 Å². The summed E-state index contributed by atoms with van der Waals surface area (Å²) in [6.45, 7) is 12.4. The van der Waals surface area contributed by atoms with Crippen LogP contribution in [0.1, 0.15) is 125 Å². The minimum atomic E-state index is -2.71. The molecule has 0 aromatic heterocycles. The zero-order valence-electron chi connectivity index (χ0n) is 34.5. The predicted molar refractivity (Wildman–Crippen MR) is 226 cm³/mol. The monoisotopic (exact) mass is 785 g/mol. The lowest BCUT2D eigenvalue weighted by molar-refractivity contribution is 0.0623. The molecule has 0 heterocycles. The Morgan fingerprint density at radius 2 is 1.04 bits per heavy atom. The van der Waals surface area contributed by atoms with Gasteiger partial charge in [-0.25, -0.2) is 0 Å². The molecule has 0 aliphatic rings. The number of unbranched alkanes of at least 4 members (excludes halogenated alkanes) is 8. The first-order valence-electron chi connectivity index (χ1n) is 20.5. The number of nitrogens with zero attached hydrogens (tertiary/aromatic N) is 6. The van der Waals surface area contributed by atoms with E-state index in [1.54, 1.807) is 0 Å². The molecule has 0 radical (unpaired) electrons. The summed E-state index contributed by atoms with van der Waals surface area (Å²) in [5.41, 5.74) is 17.4. The SMILES string of the molecule is CCCCCCC[C@@H](O)CCOC[C@H](CO)N=[N+]=[N-].CCCCCCC[C@@H](O)CCOC[C@H](CO[Si](c1ccccc1)(c1ccccc1)C(C)(C)C)N=[N+]=[N-]. The van der Waals surface area contributed by atoms with Crippen molar-refractivity contribution in [3.05, 3.63) is 81.5 Å². The van der Waals surface area contributed by atoms with E-state index in [2.05, 4.69) is 103 Å². The molecule has 2 aromatic carbocycles. The highest BCUT2D eigenvalue weighted by molar-refractivity contribution is 6.99. The predicted octanol–water partition coefficient (Wildman–Crippen LogP) is 9.16. The molecule has 55 heavy (non-hydrogen) atoms. The fraction of sp³-hybridized carbons (Fsp3) is 0.714. The maximum atomic E-state index is 10.2. The third-order valence-corrected chi connectivity index (χ3v) is 14.6. The van der Waals surface area contributed by atoms with Crippen molar-refractivity contribution in [1.82, 2.24) is 0 Å². The van der Waals surface area contributed by atoms with Gasteiger partial charge in [-0.15, -0.1) is 0 Å². The molecule has 12 nitrogen and oxygen atoms in total. The Kier molecular flexibility index (Phi) is 28.4. The van der Waals surface area contributed by atoms with Gasteiger partial charge in [0.1, 0.15) is 0 Å². The first-order valence-corrected chi connectivity index (χ1v) is 22.5. The molecule has 2 rings (SSSR count). The van der Waals surface area contributed by atoms with Crippen LogP contribution in [0.2, 0.25) is 5.04 Å². The highest BCUT2D eigenvalue weighted by Gasteiger charge is 2.50. The summed E-state index contributed by atoms with van der Waals surface area (Å²) in [5, 5.41) is 38.4. The lowest BCUT2D eigenvalue weighted by atomic mass is 10.1. The van der Waals surface area contributed by atoms with Crippen LogP contribution in [0, 0.1) is 0 Å². The molecule has 0 amide bonds. The van der Waals surface area contributed by atoms with Gasteiger partial charge in [-0.2, -0.15) is 0 Å². The number of azide groups is 2. The normalized spacial score (nSPS) is 13.7. The molecule has 3 N–H and O–H groups in total. The van der Waals surface area contributed by atoms with Crippen LogP contribution in [0.3, 0.4) is 0 Å². The zero-order chi connectivity index (χ0) is 40.6. The van der Waals surface area contributed by atoms with E-state index in [9.17, 15) is 15.7 Å². The molecule has 0 spiro atoms. The van der Waals surface area contributed by atoms with Crippen LogP contribution in [0.15, 0.2) is 70.9 Å². The number of rotatable bonds is 30. The molecular formula is C42H72N6O6Si. The maximum Gasteiger partial charge on any atom is 0.261 e. The van der Waals surface area contributed by atoms with Gasteiger partial charge in [0.2, 0.25) is 0 Å². The van der Waals surface area contributed by atoms with E-state index >= 15 is 0 Å². The van der Waals surface area contributed by atoms with Gasteiger partial charge in [0.05, 0.1) is 44.1 Å². The van der Waals surface area contributed by atoms with E-state index in [-0.39, 0.29) is 43.7 Å². The molecule has 4 atom stereocenters. The Labute approximate surface area is 332 Å². The first-order chi connectivity index (χ1) is 26.6. The third-order valence-electron chi connectivity index (χ3n) is 9.64. The Morgan fingerprint density at radius 3 is 1.44 bits per heavy atom. The maximum absolute atomic E-state index is 10.2. The second-order valence-corrected chi connectivity index (χ2v) is 19.6. The summed E-state index contributed by atoms with van der Waals surface area (Å²) in [4.78, 5) is 5.68. The fourth-order valence-corrected chi connectivity index (χ4v) is 11.1. The molecule has 0 fully saturated rings. The van der Waals surface area contributed by atoms with E-state index in [0.29, 0.717) is 26.1 Å². The standard InChI is InChI=1S/C29H45N3O3Si.C13H27N3O3/c1-5-6-7-8-11-16-26(33)21-22-34-23-25(31-32-30)24-35-36(29(2,3)4,27-17-12-9-13-18-27)28-19-14-10-15-20-28;1-2-3-4-5-6-7-13(18)8-9-19-11-12(10-17)15-16-14/h9-10,12-15,17-20,25-26,33H,5-8,11,16,21-24H2,1-4H3;12-13,17-18H,2-11H2,1H3/t25-,26-;12-,13+/m10/s1. The van der Waals surface area contributed by atoms with Gasteiger partial charge in [-0.3, -0.25) is 0 Å². The van der Waals surface area contributed by atoms with E-state index in [1.165, 1.54) is 61.7 Å². The number of hydrogen-bond acceptors (Lipinski definition) is 8. The molecule has 0 aliphatic heterocycles.